The predicted molar refractivity (Wildman–Crippen MR) is 202 cm³/mol. The van der Waals surface area contributed by atoms with Gasteiger partial charge in [0.25, 0.3) is 0 Å². The van der Waals surface area contributed by atoms with Crippen molar-refractivity contribution < 1.29 is 37.7 Å². The van der Waals surface area contributed by atoms with Crippen LogP contribution in [-0.2, 0) is 12.8 Å². The molecule has 0 saturated carbocycles. The van der Waals surface area contributed by atoms with Gasteiger partial charge in [-0.15, -0.1) is 70.5 Å². The average molecular weight is 898 g/mol. The van der Waals surface area contributed by atoms with Crippen molar-refractivity contribution in [2.45, 2.75) is 40.5 Å². The van der Waals surface area contributed by atoms with Crippen LogP contribution in [0, 0.1) is 11.6 Å². The van der Waals surface area contributed by atoms with E-state index in [1.54, 1.807) is 24.3 Å². The molecule has 0 spiro atoms. The van der Waals surface area contributed by atoms with Crippen molar-refractivity contribution >= 4 is 85.2 Å². The zero-order valence-electron chi connectivity index (χ0n) is 26.8. The minimum absolute atomic E-state index is 0.0328. The van der Waals surface area contributed by atoms with Gasteiger partial charge in [0.05, 0.1) is 12.4 Å². The van der Waals surface area contributed by atoms with Crippen LogP contribution in [0.3, 0.4) is 0 Å². The summed E-state index contributed by atoms with van der Waals surface area (Å²) in [5.41, 5.74) is 2.65. The lowest BCUT2D eigenvalue weighted by atomic mass is 10.1. The number of ether oxygens (including phenoxy) is 3. The summed E-state index contributed by atoms with van der Waals surface area (Å²) >= 11 is 18.8. The number of aromatic hydroxyl groups is 1. The van der Waals surface area contributed by atoms with Crippen LogP contribution in [0.15, 0.2) is 72.8 Å². The summed E-state index contributed by atoms with van der Waals surface area (Å²) in [6.07, 6.45) is 1.66. The van der Waals surface area contributed by atoms with E-state index in [1.165, 1.54) is 51.3 Å². The molecule has 0 radical (unpaired) electrons. The molecule has 14 heteroatoms. The number of carbonyl (C=O) groups excluding carboxylic acids is 2. The monoisotopic (exact) mass is 894 g/mol. The molecule has 6 nitrogen and oxygen atoms in total. The van der Waals surface area contributed by atoms with Gasteiger partial charge in [0, 0.05) is 11.1 Å². The van der Waals surface area contributed by atoms with Gasteiger partial charge in [-0.1, -0.05) is 26.0 Å². The second-order valence-electron chi connectivity index (χ2n) is 9.45. The summed E-state index contributed by atoms with van der Waals surface area (Å²) in [6.45, 7) is 6.76. The molecule has 48 heavy (non-hydrogen) atoms. The largest absolute Gasteiger partial charge is 0.504 e. The summed E-state index contributed by atoms with van der Waals surface area (Å²) in [5, 5.41) is 10.0. The molecule has 4 aromatic carbocycles. The Hall–Kier alpha value is -2.64. The maximum atomic E-state index is 14.0. The average Bonchev–Trinajstić information content (AvgIpc) is 3.04. The Bertz CT molecular complexity index is 1640. The smallest absolute Gasteiger partial charge is 0.369 e. The molecule has 0 saturated heterocycles. The normalized spacial score (nSPS) is 9.75. The summed E-state index contributed by atoms with van der Waals surface area (Å²) < 4.78 is 44.2. The quantitative estimate of drug-likeness (QED) is 0.102. The van der Waals surface area contributed by atoms with Crippen molar-refractivity contribution in [1.29, 1.82) is 0 Å². The van der Waals surface area contributed by atoms with E-state index in [9.17, 15) is 23.5 Å². The fourth-order valence-electron chi connectivity index (χ4n) is 3.73. The molecule has 0 bridgehead atoms. The first kappa shape index (κ1) is 43.4. The summed E-state index contributed by atoms with van der Waals surface area (Å²) in [6, 6.07) is 18.6. The molecule has 0 amide bonds. The standard InChI is InChI=1S/C17H17FO3.C16H15FO3.CH2Cl2.BBr3/c1-4-12-5-7-16(17(9-12)20-3)21-15-8-6-13(11(2)19)10-14(15)18;1-3-11-4-6-16(14(19)8-11)20-15-7-5-12(10(2)18)9-13(15)17;2-1-3;2-1(3)4/h5-10H,4H2,1-3H3;4-9,19H,3H2,1-2H3;1H2;. The van der Waals surface area contributed by atoms with Gasteiger partial charge < -0.3 is 19.3 Å². The third-order valence-electron chi connectivity index (χ3n) is 6.18. The second kappa shape index (κ2) is 22.9. The van der Waals surface area contributed by atoms with Crippen molar-refractivity contribution in [2.24, 2.45) is 0 Å². The maximum Gasteiger partial charge on any atom is 0.369 e. The molecular weight excluding hydrogens is 864 g/mol. The molecule has 0 atom stereocenters. The number of phenols is 1. The van der Waals surface area contributed by atoms with Crippen LogP contribution < -0.4 is 14.2 Å². The Morgan fingerprint density at radius 1 is 0.688 bits per heavy atom. The van der Waals surface area contributed by atoms with Crippen molar-refractivity contribution in [3.8, 4) is 34.5 Å². The van der Waals surface area contributed by atoms with Gasteiger partial charge in [-0.2, -0.15) is 0 Å². The summed E-state index contributed by atoms with van der Waals surface area (Å²) in [5.74, 6) is -0.487. The number of Topliss-reactive ketones (excluding diaryl/α,β-unsaturated/α-hetero) is 2. The van der Waals surface area contributed by atoms with Crippen LogP contribution >= 0.6 is 70.5 Å². The Kier molecular flexibility index (Phi) is 20.7. The first-order valence-corrected chi connectivity index (χ1v) is 18.0. The van der Waals surface area contributed by atoms with E-state index in [-0.39, 0.29) is 48.7 Å². The highest BCUT2D eigenvalue weighted by Crippen LogP contribution is 2.35. The molecule has 0 fully saturated rings. The van der Waals surface area contributed by atoms with Gasteiger partial charge in [0.1, 0.15) is 0 Å². The van der Waals surface area contributed by atoms with Gasteiger partial charge in [-0.25, -0.2) is 8.78 Å². The Morgan fingerprint density at radius 3 is 1.42 bits per heavy atom. The number of hydrogen-bond acceptors (Lipinski definition) is 6. The van der Waals surface area contributed by atoms with Crippen molar-refractivity contribution in [3.63, 3.8) is 0 Å². The number of aryl methyl sites for hydroxylation is 2. The number of ketones is 2. The number of carbonyl (C=O) groups is 2. The molecule has 0 aliphatic rings. The summed E-state index contributed by atoms with van der Waals surface area (Å²) in [4.78, 5) is 22.4. The van der Waals surface area contributed by atoms with E-state index in [0.29, 0.717) is 17.1 Å². The lowest BCUT2D eigenvalue weighted by Crippen LogP contribution is -1.97. The SMILES string of the molecule is BrB(Br)Br.CCc1ccc(Oc2ccc(C(C)=O)cc2F)c(O)c1.CCc1ccc(Oc2ccc(C(C)=O)cc2F)c(OC)c1.ClCCl. The van der Waals surface area contributed by atoms with E-state index < -0.39 is 11.6 Å². The molecule has 0 unspecified atom stereocenters. The first-order chi connectivity index (χ1) is 22.7. The summed E-state index contributed by atoms with van der Waals surface area (Å²) in [7, 11) is 1.54. The van der Waals surface area contributed by atoms with Crippen LogP contribution in [0.5, 0.6) is 34.5 Å². The van der Waals surface area contributed by atoms with E-state index >= 15 is 0 Å². The van der Waals surface area contributed by atoms with Crippen LogP contribution in [0.2, 0.25) is 0 Å². The number of halogens is 7. The molecule has 0 aliphatic heterocycles. The van der Waals surface area contributed by atoms with E-state index in [0.717, 1.165) is 30.0 Å². The first-order valence-electron chi connectivity index (χ1n) is 14.2. The van der Waals surface area contributed by atoms with Gasteiger partial charge in [-0.05, 0) is 98.5 Å². The molecule has 4 aromatic rings. The van der Waals surface area contributed by atoms with Crippen LogP contribution in [0.1, 0.15) is 59.5 Å². The molecule has 0 heterocycles. The van der Waals surface area contributed by atoms with Crippen LogP contribution in [-0.4, -0.2) is 32.3 Å². The lowest BCUT2D eigenvalue weighted by molar-refractivity contribution is 0.100. The van der Waals surface area contributed by atoms with Crippen molar-refractivity contribution in [3.05, 3.63) is 107 Å². The van der Waals surface area contributed by atoms with Gasteiger partial charge >= 0.3 is 3.18 Å². The molecular formula is C34H34BBr3Cl2F2O6. The number of rotatable bonds is 9. The van der Waals surface area contributed by atoms with Gasteiger partial charge in [0.15, 0.2) is 57.7 Å². The minimum atomic E-state index is -0.642. The van der Waals surface area contributed by atoms with E-state index in [1.807, 2.05) is 26.0 Å². The number of alkyl halides is 2. The topological polar surface area (TPSA) is 82.1 Å². The molecule has 258 valence electrons. The highest BCUT2D eigenvalue weighted by Gasteiger charge is 2.13. The Labute approximate surface area is 315 Å². The Balaban J connectivity index is 0.000000403. The third kappa shape index (κ3) is 15.3. The third-order valence-corrected chi connectivity index (χ3v) is 6.18. The van der Waals surface area contributed by atoms with Crippen LogP contribution in [0.25, 0.3) is 0 Å². The van der Waals surface area contributed by atoms with Gasteiger partial charge in [0.2, 0.25) is 0 Å². The number of methoxy groups -OCH3 is 1. The Morgan fingerprint density at radius 2 is 1.06 bits per heavy atom. The fourth-order valence-corrected chi connectivity index (χ4v) is 3.73. The lowest BCUT2D eigenvalue weighted by Gasteiger charge is -2.12. The van der Waals surface area contributed by atoms with E-state index in [4.69, 9.17) is 37.4 Å². The predicted octanol–water partition coefficient (Wildman–Crippen LogP) is 12.1. The molecule has 1 N–H and O–H groups in total. The molecule has 0 aromatic heterocycles. The van der Waals surface area contributed by atoms with E-state index in [2.05, 4.69) is 47.3 Å². The maximum absolute atomic E-state index is 14.0. The number of phenolic OH excluding ortho intramolecular Hbond substituents is 1. The van der Waals surface area contributed by atoms with Crippen LogP contribution in [0.4, 0.5) is 8.78 Å². The zero-order chi connectivity index (χ0) is 36.4. The molecule has 4 rings (SSSR count). The van der Waals surface area contributed by atoms with Gasteiger partial charge in [-0.3, -0.25) is 9.59 Å². The van der Waals surface area contributed by atoms with Crippen molar-refractivity contribution in [1.82, 2.24) is 0 Å². The zero-order valence-corrected chi connectivity index (χ0v) is 33.0. The molecule has 0 aliphatic carbocycles. The highest BCUT2D eigenvalue weighted by molar-refractivity contribution is 9.69. The highest BCUT2D eigenvalue weighted by atomic mass is 79.9. The number of benzene rings is 4. The number of hydrogen-bond donors (Lipinski definition) is 1. The second-order valence-corrected chi connectivity index (χ2v) is 16.7. The fraction of sp³-hybridized carbons (Fsp3) is 0.235. The minimum Gasteiger partial charge on any atom is -0.504 e. The van der Waals surface area contributed by atoms with Crippen molar-refractivity contribution in [2.75, 3.05) is 12.4 Å².